The lowest BCUT2D eigenvalue weighted by Crippen LogP contribution is -2.06. The molecule has 2 aromatic carbocycles. The van der Waals surface area contributed by atoms with Crippen LogP contribution in [0.2, 0.25) is 5.02 Å². The number of allylic oxidation sites excluding steroid dienone is 1. The maximum atomic E-state index is 12.2. The predicted octanol–water partition coefficient (Wildman–Crippen LogP) is 4.46. The average Bonchev–Trinajstić information content (AvgIpc) is 2.59. The number of nitrogens with zero attached hydrogens (tertiary/aromatic N) is 1. The molecule has 6 heteroatoms. The van der Waals surface area contributed by atoms with E-state index in [0.29, 0.717) is 11.6 Å². The van der Waals surface area contributed by atoms with Gasteiger partial charge in [0, 0.05) is 28.3 Å². The zero-order valence-corrected chi connectivity index (χ0v) is 13.2. The van der Waals surface area contributed by atoms with Crippen molar-refractivity contribution in [3.63, 3.8) is 0 Å². The number of nitro groups is 1. The third-order valence-corrected chi connectivity index (χ3v) is 3.73. The first-order valence-corrected chi connectivity index (χ1v) is 7.50. The molecule has 0 spiro atoms. The Labute approximate surface area is 143 Å². The largest absolute Gasteiger partial charge is 0.488 e. The summed E-state index contributed by atoms with van der Waals surface area (Å²) in [6.07, 6.45) is 4.91. The molecule has 0 unspecified atom stereocenters. The van der Waals surface area contributed by atoms with Gasteiger partial charge in [0.2, 0.25) is 0 Å². The van der Waals surface area contributed by atoms with Crippen LogP contribution < -0.4 is 4.74 Å². The van der Waals surface area contributed by atoms with Crippen molar-refractivity contribution < 1.29 is 14.5 Å². The van der Waals surface area contributed by atoms with Gasteiger partial charge in [-0.05, 0) is 35.9 Å². The van der Waals surface area contributed by atoms with Gasteiger partial charge in [0.25, 0.3) is 5.69 Å². The number of nitro benzene ring substituents is 1. The van der Waals surface area contributed by atoms with Crippen LogP contribution in [0.3, 0.4) is 0 Å². The van der Waals surface area contributed by atoms with E-state index in [1.165, 1.54) is 24.3 Å². The van der Waals surface area contributed by atoms with Crippen LogP contribution in [0.1, 0.15) is 15.9 Å². The topological polar surface area (TPSA) is 69.4 Å². The van der Waals surface area contributed by atoms with Crippen LogP contribution in [-0.4, -0.2) is 17.3 Å². The van der Waals surface area contributed by atoms with E-state index in [2.05, 4.69) is 0 Å². The van der Waals surface area contributed by atoms with Gasteiger partial charge < -0.3 is 4.74 Å². The number of fused-ring (bicyclic) bond motifs is 1. The van der Waals surface area contributed by atoms with Gasteiger partial charge in [0.15, 0.2) is 5.78 Å². The minimum Gasteiger partial charge on any atom is -0.488 e. The van der Waals surface area contributed by atoms with Crippen molar-refractivity contribution in [3.05, 3.63) is 86.5 Å². The van der Waals surface area contributed by atoms with E-state index in [-0.39, 0.29) is 17.0 Å². The van der Waals surface area contributed by atoms with E-state index in [4.69, 9.17) is 16.3 Å². The number of rotatable bonds is 4. The van der Waals surface area contributed by atoms with Gasteiger partial charge >= 0.3 is 0 Å². The summed E-state index contributed by atoms with van der Waals surface area (Å²) in [7, 11) is 0. The summed E-state index contributed by atoms with van der Waals surface area (Å²) in [5.41, 5.74) is 1.80. The van der Waals surface area contributed by atoms with Crippen LogP contribution in [0, 0.1) is 10.1 Å². The first kappa shape index (κ1) is 16.0. The lowest BCUT2D eigenvalue weighted by Gasteiger charge is -2.16. The van der Waals surface area contributed by atoms with Crippen LogP contribution in [0.4, 0.5) is 5.69 Å². The SMILES string of the molecule is O=C(/C=C/C1=Cc2cc(Cl)ccc2OC1)c1cccc([N+](=O)[O-])c1. The number of hydrogen-bond acceptors (Lipinski definition) is 4. The van der Waals surface area contributed by atoms with E-state index < -0.39 is 4.92 Å². The fourth-order valence-corrected chi connectivity index (χ4v) is 2.49. The Hall–Kier alpha value is -2.92. The Bertz CT molecular complexity index is 886. The van der Waals surface area contributed by atoms with Crippen molar-refractivity contribution in [1.29, 1.82) is 0 Å². The Kier molecular flexibility index (Phi) is 4.44. The highest BCUT2D eigenvalue weighted by Gasteiger charge is 2.12. The molecule has 0 bridgehead atoms. The molecule has 0 N–H and O–H groups in total. The zero-order valence-electron chi connectivity index (χ0n) is 12.4. The van der Waals surface area contributed by atoms with Crippen LogP contribution in [-0.2, 0) is 0 Å². The summed E-state index contributed by atoms with van der Waals surface area (Å²) >= 11 is 5.96. The first-order chi connectivity index (χ1) is 11.5. The summed E-state index contributed by atoms with van der Waals surface area (Å²) in [4.78, 5) is 22.4. The molecule has 0 saturated heterocycles. The van der Waals surface area contributed by atoms with E-state index in [1.807, 2.05) is 6.08 Å². The molecule has 1 aliphatic rings. The smallest absolute Gasteiger partial charge is 0.270 e. The number of non-ortho nitro benzene ring substituents is 1. The van der Waals surface area contributed by atoms with Gasteiger partial charge in [-0.1, -0.05) is 29.8 Å². The number of benzene rings is 2. The zero-order chi connectivity index (χ0) is 17.1. The average molecular weight is 342 g/mol. The number of carbonyl (C=O) groups excluding carboxylic acids is 1. The van der Waals surface area contributed by atoms with Gasteiger partial charge in [-0.2, -0.15) is 0 Å². The molecule has 0 fully saturated rings. The molecule has 0 aromatic heterocycles. The first-order valence-electron chi connectivity index (χ1n) is 7.13. The number of ketones is 1. The Morgan fingerprint density at radius 1 is 1.25 bits per heavy atom. The Morgan fingerprint density at radius 3 is 2.88 bits per heavy atom. The van der Waals surface area contributed by atoms with Crippen molar-refractivity contribution in [2.45, 2.75) is 0 Å². The third-order valence-electron chi connectivity index (χ3n) is 3.50. The molecule has 1 aliphatic heterocycles. The molecule has 0 radical (unpaired) electrons. The van der Waals surface area contributed by atoms with Gasteiger partial charge in [-0.15, -0.1) is 0 Å². The molecule has 0 atom stereocenters. The maximum absolute atomic E-state index is 12.2. The lowest BCUT2D eigenvalue weighted by molar-refractivity contribution is -0.384. The molecule has 5 nitrogen and oxygen atoms in total. The van der Waals surface area contributed by atoms with Crippen molar-refractivity contribution in [1.82, 2.24) is 0 Å². The predicted molar refractivity (Wildman–Crippen MR) is 91.5 cm³/mol. The van der Waals surface area contributed by atoms with Gasteiger partial charge in [0.05, 0.1) is 4.92 Å². The molecular weight excluding hydrogens is 330 g/mol. The Morgan fingerprint density at radius 2 is 2.08 bits per heavy atom. The number of halogens is 1. The molecule has 120 valence electrons. The normalized spacial score (nSPS) is 13.1. The molecule has 2 aromatic rings. The second-order valence-corrected chi connectivity index (χ2v) is 5.63. The quantitative estimate of drug-likeness (QED) is 0.356. The van der Waals surface area contributed by atoms with E-state index >= 15 is 0 Å². The van der Waals surface area contributed by atoms with E-state index in [9.17, 15) is 14.9 Å². The Balaban J connectivity index is 1.80. The monoisotopic (exact) mass is 341 g/mol. The fraction of sp³-hybridized carbons (Fsp3) is 0.0556. The second kappa shape index (κ2) is 6.68. The highest BCUT2D eigenvalue weighted by molar-refractivity contribution is 6.30. The lowest BCUT2D eigenvalue weighted by atomic mass is 10.1. The summed E-state index contributed by atoms with van der Waals surface area (Å²) < 4.78 is 5.60. The third kappa shape index (κ3) is 3.52. The summed E-state index contributed by atoms with van der Waals surface area (Å²) in [5, 5.41) is 11.4. The molecule has 1 heterocycles. The second-order valence-electron chi connectivity index (χ2n) is 5.20. The summed E-state index contributed by atoms with van der Waals surface area (Å²) in [5.74, 6) is 0.429. The highest BCUT2D eigenvalue weighted by Crippen LogP contribution is 2.29. The summed E-state index contributed by atoms with van der Waals surface area (Å²) in [6, 6.07) is 11.0. The van der Waals surface area contributed by atoms with Gasteiger partial charge in [-0.25, -0.2) is 0 Å². The van der Waals surface area contributed by atoms with Crippen LogP contribution in [0.15, 0.2) is 60.2 Å². The molecule has 3 rings (SSSR count). The minimum absolute atomic E-state index is 0.113. The van der Waals surface area contributed by atoms with E-state index in [1.54, 1.807) is 30.3 Å². The fourth-order valence-electron chi connectivity index (χ4n) is 2.31. The number of ether oxygens (including phenoxy) is 1. The molecule has 24 heavy (non-hydrogen) atoms. The van der Waals surface area contributed by atoms with Gasteiger partial charge in [0.1, 0.15) is 12.4 Å². The van der Waals surface area contributed by atoms with Crippen molar-refractivity contribution >= 4 is 29.1 Å². The molecule has 0 amide bonds. The maximum Gasteiger partial charge on any atom is 0.270 e. The highest BCUT2D eigenvalue weighted by atomic mass is 35.5. The number of hydrogen-bond donors (Lipinski definition) is 0. The van der Waals surface area contributed by atoms with Crippen molar-refractivity contribution in [3.8, 4) is 5.75 Å². The van der Waals surface area contributed by atoms with Crippen LogP contribution in [0.5, 0.6) is 5.75 Å². The number of carbonyl (C=O) groups is 1. The molecular formula is C18H12ClNO4. The van der Waals surface area contributed by atoms with Gasteiger partial charge in [-0.3, -0.25) is 14.9 Å². The van der Waals surface area contributed by atoms with Crippen LogP contribution >= 0.6 is 11.6 Å². The standard InChI is InChI=1S/C18H12ClNO4/c19-15-5-7-18-14(9-15)8-12(11-24-18)4-6-17(21)13-2-1-3-16(10-13)20(22)23/h1-10H,11H2/b6-4+. The summed E-state index contributed by atoms with van der Waals surface area (Å²) in [6.45, 7) is 0.341. The van der Waals surface area contributed by atoms with Crippen molar-refractivity contribution in [2.75, 3.05) is 6.61 Å². The van der Waals surface area contributed by atoms with Crippen LogP contribution in [0.25, 0.3) is 6.08 Å². The minimum atomic E-state index is -0.529. The molecule has 0 saturated carbocycles. The molecule has 0 aliphatic carbocycles. The van der Waals surface area contributed by atoms with Crippen molar-refractivity contribution in [2.24, 2.45) is 0 Å². The van der Waals surface area contributed by atoms with E-state index in [0.717, 1.165) is 16.9 Å².